The van der Waals surface area contributed by atoms with Gasteiger partial charge in [0.05, 0.1) is 17.5 Å². The van der Waals surface area contributed by atoms with Crippen LogP contribution in [0.25, 0.3) is 0 Å². The van der Waals surface area contributed by atoms with Crippen LogP contribution in [0, 0.1) is 16.7 Å². The molecule has 1 atom stereocenters. The Hall–Kier alpha value is -1.40. The molecule has 1 aromatic heterocycles. The maximum absolute atomic E-state index is 9.11. The first kappa shape index (κ1) is 9.17. The van der Waals surface area contributed by atoms with Gasteiger partial charge in [0, 0.05) is 12.4 Å². The quantitative estimate of drug-likeness (QED) is 0.782. The molecular formula is C11H13N3. The smallest absolute Gasteiger partial charge is 0.0769 e. The van der Waals surface area contributed by atoms with Crippen LogP contribution in [0.3, 0.4) is 0 Å². The molecule has 1 saturated carbocycles. The molecule has 72 valence electrons. The zero-order valence-corrected chi connectivity index (χ0v) is 8.20. The van der Waals surface area contributed by atoms with Crippen LogP contribution in [-0.4, -0.2) is 12.0 Å². The van der Waals surface area contributed by atoms with Crippen molar-refractivity contribution in [2.24, 2.45) is 5.41 Å². The normalized spacial score (nSPS) is 19.7. The Morgan fingerprint density at radius 3 is 2.57 bits per heavy atom. The molecule has 0 spiro atoms. The summed E-state index contributed by atoms with van der Waals surface area (Å²) in [5.41, 5.74) is 0.984. The first-order chi connectivity index (χ1) is 6.82. The van der Waals surface area contributed by atoms with Crippen LogP contribution in [0.2, 0.25) is 0 Å². The summed E-state index contributed by atoms with van der Waals surface area (Å²) in [5, 5.41) is 12.3. The van der Waals surface area contributed by atoms with Gasteiger partial charge in [0.1, 0.15) is 0 Å². The third-order valence-electron chi connectivity index (χ3n) is 2.89. The van der Waals surface area contributed by atoms with Gasteiger partial charge in [0.15, 0.2) is 0 Å². The third-order valence-corrected chi connectivity index (χ3v) is 2.89. The summed E-state index contributed by atoms with van der Waals surface area (Å²) >= 11 is 0. The van der Waals surface area contributed by atoms with E-state index in [0.717, 1.165) is 18.4 Å². The number of nitrogens with one attached hydrogen (secondary N) is 1. The van der Waals surface area contributed by atoms with Gasteiger partial charge in [-0.2, -0.15) is 5.26 Å². The second-order valence-corrected chi connectivity index (χ2v) is 3.77. The Kier molecular flexibility index (Phi) is 2.22. The number of nitrogens with zero attached hydrogens (tertiary/aromatic N) is 2. The summed E-state index contributed by atoms with van der Waals surface area (Å²) in [5.74, 6) is 0. The molecule has 14 heavy (non-hydrogen) atoms. The van der Waals surface area contributed by atoms with Crippen molar-refractivity contribution >= 4 is 0 Å². The Morgan fingerprint density at radius 2 is 2.14 bits per heavy atom. The molecule has 1 fully saturated rings. The molecule has 1 aliphatic rings. The number of rotatable bonds is 3. The molecular weight excluding hydrogens is 174 g/mol. The number of hydrogen-bond acceptors (Lipinski definition) is 3. The second kappa shape index (κ2) is 3.39. The van der Waals surface area contributed by atoms with Gasteiger partial charge in [0.25, 0.3) is 0 Å². The zero-order chi connectivity index (χ0) is 10.0. The predicted octanol–water partition coefficient (Wildman–Crippen LogP) is 1.65. The van der Waals surface area contributed by atoms with E-state index in [-0.39, 0.29) is 11.5 Å². The molecule has 1 aliphatic carbocycles. The summed E-state index contributed by atoms with van der Waals surface area (Å²) in [7, 11) is 1.91. The monoisotopic (exact) mass is 187 g/mol. The van der Waals surface area contributed by atoms with Gasteiger partial charge in [-0.05, 0) is 37.6 Å². The van der Waals surface area contributed by atoms with Crippen molar-refractivity contribution in [3.8, 4) is 6.07 Å². The van der Waals surface area contributed by atoms with Crippen LogP contribution in [-0.2, 0) is 0 Å². The van der Waals surface area contributed by atoms with Gasteiger partial charge in [-0.3, -0.25) is 4.98 Å². The molecule has 0 amide bonds. The highest BCUT2D eigenvalue weighted by atomic mass is 14.9. The SMILES string of the molecule is CNC(c1ccncc1)C1(C#N)CC1. The molecule has 0 aromatic carbocycles. The van der Waals surface area contributed by atoms with E-state index < -0.39 is 0 Å². The van der Waals surface area contributed by atoms with E-state index in [9.17, 15) is 0 Å². The highest BCUT2D eigenvalue weighted by Crippen LogP contribution is 2.54. The molecule has 1 N–H and O–H groups in total. The van der Waals surface area contributed by atoms with Crippen molar-refractivity contribution in [2.45, 2.75) is 18.9 Å². The molecule has 0 bridgehead atoms. The number of pyridine rings is 1. The van der Waals surface area contributed by atoms with Gasteiger partial charge in [-0.25, -0.2) is 0 Å². The van der Waals surface area contributed by atoms with Crippen LogP contribution >= 0.6 is 0 Å². The van der Waals surface area contributed by atoms with E-state index in [1.165, 1.54) is 0 Å². The maximum Gasteiger partial charge on any atom is 0.0769 e. The molecule has 1 unspecified atom stereocenters. The van der Waals surface area contributed by atoms with Gasteiger partial charge in [0.2, 0.25) is 0 Å². The first-order valence-corrected chi connectivity index (χ1v) is 4.81. The van der Waals surface area contributed by atoms with Gasteiger partial charge in [-0.15, -0.1) is 0 Å². The van der Waals surface area contributed by atoms with Crippen molar-refractivity contribution in [1.82, 2.24) is 10.3 Å². The van der Waals surface area contributed by atoms with Crippen LogP contribution in [0.5, 0.6) is 0 Å². The molecule has 3 nitrogen and oxygen atoms in total. The van der Waals surface area contributed by atoms with Gasteiger partial charge >= 0.3 is 0 Å². The topological polar surface area (TPSA) is 48.7 Å². The largest absolute Gasteiger partial charge is 0.312 e. The average Bonchev–Trinajstić information content (AvgIpc) is 3.02. The minimum atomic E-state index is -0.171. The Balaban J connectivity index is 2.28. The lowest BCUT2D eigenvalue weighted by atomic mass is 9.92. The van der Waals surface area contributed by atoms with E-state index in [1.54, 1.807) is 12.4 Å². The van der Waals surface area contributed by atoms with E-state index in [4.69, 9.17) is 5.26 Å². The molecule has 3 heteroatoms. The van der Waals surface area contributed by atoms with Crippen LogP contribution in [0.15, 0.2) is 24.5 Å². The Labute approximate surface area is 83.8 Å². The van der Waals surface area contributed by atoms with Crippen molar-refractivity contribution in [1.29, 1.82) is 5.26 Å². The highest BCUT2D eigenvalue weighted by Gasteiger charge is 2.50. The van der Waals surface area contributed by atoms with Crippen LogP contribution in [0.1, 0.15) is 24.4 Å². The average molecular weight is 187 g/mol. The predicted molar refractivity (Wildman–Crippen MR) is 53.3 cm³/mol. The fourth-order valence-electron chi connectivity index (χ4n) is 1.92. The highest BCUT2D eigenvalue weighted by molar-refractivity contribution is 5.27. The van der Waals surface area contributed by atoms with Crippen molar-refractivity contribution in [3.05, 3.63) is 30.1 Å². The zero-order valence-electron chi connectivity index (χ0n) is 8.20. The van der Waals surface area contributed by atoms with E-state index >= 15 is 0 Å². The van der Waals surface area contributed by atoms with E-state index in [1.807, 2.05) is 19.2 Å². The number of hydrogen-bond donors (Lipinski definition) is 1. The summed E-state index contributed by atoms with van der Waals surface area (Å²) in [6, 6.07) is 6.51. The Bertz CT molecular complexity index is 349. The molecule has 0 saturated heterocycles. The summed E-state index contributed by atoms with van der Waals surface area (Å²) in [6.45, 7) is 0. The summed E-state index contributed by atoms with van der Waals surface area (Å²) in [6.07, 6.45) is 5.54. The van der Waals surface area contributed by atoms with Crippen LogP contribution in [0.4, 0.5) is 0 Å². The summed E-state index contributed by atoms with van der Waals surface area (Å²) < 4.78 is 0. The fourth-order valence-corrected chi connectivity index (χ4v) is 1.92. The minimum Gasteiger partial charge on any atom is -0.312 e. The van der Waals surface area contributed by atoms with Crippen LogP contribution < -0.4 is 5.32 Å². The van der Waals surface area contributed by atoms with E-state index in [2.05, 4.69) is 16.4 Å². The van der Waals surface area contributed by atoms with Crippen molar-refractivity contribution < 1.29 is 0 Å². The second-order valence-electron chi connectivity index (χ2n) is 3.77. The Morgan fingerprint density at radius 1 is 1.50 bits per heavy atom. The van der Waals surface area contributed by atoms with Crippen molar-refractivity contribution in [2.75, 3.05) is 7.05 Å². The number of nitriles is 1. The number of aromatic nitrogens is 1. The van der Waals surface area contributed by atoms with Gasteiger partial charge < -0.3 is 5.32 Å². The molecule has 0 aliphatic heterocycles. The summed E-state index contributed by atoms with van der Waals surface area (Å²) in [4.78, 5) is 3.98. The standard InChI is InChI=1S/C11H13N3/c1-13-10(11(8-12)4-5-11)9-2-6-14-7-3-9/h2-3,6-7,10,13H,4-5H2,1H3. The minimum absolute atomic E-state index is 0.149. The molecule has 1 heterocycles. The first-order valence-electron chi connectivity index (χ1n) is 4.81. The third kappa shape index (κ3) is 1.38. The lowest BCUT2D eigenvalue weighted by Crippen LogP contribution is -2.25. The molecule has 2 rings (SSSR count). The lowest BCUT2D eigenvalue weighted by molar-refractivity contribution is 0.444. The van der Waals surface area contributed by atoms with E-state index in [0.29, 0.717) is 0 Å². The maximum atomic E-state index is 9.11. The molecule has 0 radical (unpaired) electrons. The molecule has 1 aromatic rings. The fraction of sp³-hybridized carbons (Fsp3) is 0.455. The van der Waals surface area contributed by atoms with Crippen molar-refractivity contribution in [3.63, 3.8) is 0 Å². The lowest BCUT2D eigenvalue weighted by Gasteiger charge is -2.20. The van der Waals surface area contributed by atoms with Gasteiger partial charge in [-0.1, -0.05) is 0 Å².